The fraction of sp³-hybridized carbons (Fsp3) is 0.600. The van der Waals surface area contributed by atoms with Gasteiger partial charge in [-0.25, -0.2) is 0 Å². The zero-order valence-electron chi connectivity index (χ0n) is 13.6. The molecule has 4 nitrogen and oxygen atoms in total. The van der Waals surface area contributed by atoms with Gasteiger partial charge >= 0.3 is 0 Å². The lowest BCUT2D eigenvalue weighted by Crippen LogP contribution is -2.32. The van der Waals surface area contributed by atoms with Crippen molar-refractivity contribution in [2.24, 2.45) is 0 Å². The van der Waals surface area contributed by atoms with E-state index in [-0.39, 0.29) is 0 Å². The second kappa shape index (κ2) is 10.9. The molecule has 0 saturated heterocycles. The van der Waals surface area contributed by atoms with Crippen LogP contribution in [-0.4, -0.2) is 52.3 Å². The van der Waals surface area contributed by atoms with Crippen molar-refractivity contribution < 1.29 is 9.47 Å². The minimum Gasteiger partial charge on any atom is -0.493 e. The van der Waals surface area contributed by atoms with Gasteiger partial charge in [-0.15, -0.1) is 9.24 Å². The third-order valence-corrected chi connectivity index (χ3v) is 3.36. The van der Waals surface area contributed by atoms with Gasteiger partial charge in [0.2, 0.25) is 0 Å². The van der Waals surface area contributed by atoms with Crippen LogP contribution in [0.1, 0.15) is 13.8 Å². The Bertz CT molecular complexity index is 373. The van der Waals surface area contributed by atoms with Crippen LogP contribution in [-0.2, 0) is 0 Å². The summed E-state index contributed by atoms with van der Waals surface area (Å²) in [6.45, 7) is 6.62. The molecule has 0 aliphatic rings. The van der Waals surface area contributed by atoms with Gasteiger partial charge in [0.05, 0.1) is 14.2 Å². The number of benzene rings is 1. The van der Waals surface area contributed by atoms with Crippen molar-refractivity contribution in [2.75, 3.05) is 41.4 Å². The summed E-state index contributed by atoms with van der Waals surface area (Å²) >= 11 is 0. The molecule has 1 aromatic rings. The Morgan fingerprint density at radius 2 is 1.80 bits per heavy atom. The van der Waals surface area contributed by atoms with Gasteiger partial charge in [0.1, 0.15) is 0 Å². The van der Waals surface area contributed by atoms with Crippen molar-refractivity contribution in [1.29, 1.82) is 0 Å². The van der Waals surface area contributed by atoms with Gasteiger partial charge < -0.3 is 19.7 Å². The van der Waals surface area contributed by atoms with Crippen molar-refractivity contribution in [2.45, 2.75) is 19.9 Å². The maximum atomic E-state index is 5.08. The second-order valence-corrected chi connectivity index (χ2v) is 5.46. The monoisotopic (exact) mass is 300 g/mol. The minimum absolute atomic E-state index is 0.665. The van der Waals surface area contributed by atoms with Gasteiger partial charge in [0.25, 0.3) is 0 Å². The zero-order chi connectivity index (χ0) is 15.5. The Labute approximate surface area is 126 Å². The van der Waals surface area contributed by atoms with Crippen molar-refractivity contribution in [3.8, 4) is 11.5 Å². The van der Waals surface area contributed by atoms with Crippen molar-refractivity contribution in [3.63, 3.8) is 0 Å². The Balaban J connectivity index is 0.000000370. The lowest BCUT2D eigenvalue weighted by Gasteiger charge is -2.20. The van der Waals surface area contributed by atoms with Crippen molar-refractivity contribution in [1.82, 2.24) is 10.2 Å². The molecule has 1 rings (SSSR count). The summed E-state index contributed by atoms with van der Waals surface area (Å²) in [5.74, 6) is 1.53. The first-order valence-electron chi connectivity index (χ1n) is 6.78. The molecule has 5 heteroatoms. The predicted molar refractivity (Wildman–Crippen MR) is 90.6 cm³/mol. The third kappa shape index (κ3) is 7.68. The summed E-state index contributed by atoms with van der Waals surface area (Å²) in [6, 6.07) is 6.40. The van der Waals surface area contributed by atoms with Gasteiger partial charge in [0.15, 0.2) is 11.5 Å². The number of hydrogen-bond acceptors (Lipinski definition) is 4. The molecule has 0 bridgehead atoms. The van der Waals surface area contributed by atoms with Crippen LogP contribution in [0.15, 0.2) is 18.2 Å². The Morgan fingerprint density at radius 1 is 1.20 bits per heavy atom. The number of likely N-dealkylation sites (N-methyl/N-ethyl adjacent to an activating group) is 2. The molecule has 0 saturated carbocycles. The van der Waals surface area contributed by atoms with E-state index in [9.17, 15) is 0 Å². The highest BCUT2D eigenvalue weighted by atomic mass is 31.0. The first-order chi connectivity index (χ1) is 9.46. The maximum absolute atomic E-state index is 5.08. The molecular weight excluding hydrogens is 271 g/mol. The molecule has 1 N–H and O–H groups in total. The van der Waals surface area contributed by atoms with Crippen LogP contribution in [0.4, 0.5) is 0 Å². The lowest BCUT2D eigenvalue weighted by atomic mass is 10.3. The number of nitrogens with one attached hydrogen (secondary N) is 1. The van der Waals surface area contributed by atoms with Crippen LogP contribution in [0.5, 0.6) is 11.5 Å². The molecule has 0 spiro atoms. The Morgan fingerprint density at radius 3 is 2.25 bits per heavy atom. The Hall–Kier alpha value is -0.830. The molecule has 0 amide bonds. The van der Waals surface area contributed by atoms with E-state index in [2.05, 4.69) is 40.4 Å². The summed E-state index contributed by atoms with van der Waals surface area (Å²) in [5.41, 5.74) is 0. The summed E-state index contributed by atoms with van der Waals surface area (Å²) in [7, 11) is 9.97. The van der Waals surface area contributed by atoms with Gasteiger partial charge in [-0.1, -0.05) is 6.07 Å². The van der Waals surface area contributed by atoms with Crippen molar-refractivity contribution >= 4 is 14.5 Å². The average Bonchev–Trinajstić information content (AvgIpc) is 2.45. The smallest absolute Gasteiger partial charge is 0.161 e. The molecule has 0 aliphatic carbocycles. The molecule has 0 heterocycles. The van der Waals surface area contributed by atoms with Crippen molar-refractivity contribution in [3.05, 3.63) is 18.2 Å². The molecular formula is C15H29N2O2P. The molecule has 20 heavy (non-hydrogen) atoms. The highest BCUT2D eigenvalue weighted by molar-refractivity contribution is 7.27. The lowest BCUT2D eigenvalue weighted by molar-refractivity contribution is 0.276. The van der Waals surface area contributed by atoms with E-state index >= 15 is 0 Å². The summed E-state index contributed by atoms with van der Waals surface area (Å²) in [4.78, 5) is 2.32. The largest absolute Gasteiger partial charge is 0.493 e. The van der Waals surface area contributed by atoms with E-state index in [1.165, 1.54) is 0 Å². The summed E-state index contributed by atoms with van der Waals surface area (Å²) < 4.78 is 10.1. The van der Waals surface area contributed by atoms with Gasteiger partial charge in [0, 0.05) is 19.1 Å². The molecule has 1 aromatic carbocycles. The molecule has 0 aromatic heterocycles. The first-order valence-corrected chi connectivity index (χ1v) is 7.36. The number of rotatable bonds is 6. The van der Waals surface area contributed by atoms with Gasteiger partial charge in [-0.3, -0.25) is 0 Å². The third-order valence-electron chi connectivity index (χ3n) is 3.00. The molecule has 0 aliphatic heterocycles. The highest BCUT2D eigenvalue weighted by Gasteiger charge is 2.01. The molecule has 1 atom stereocenters. The topological polar surface area (TPSA) is 33.7 Å². The number of hydrogen-bond donors (Lipinski definition) is 1. The van der Waals surface area contributed by atoms with Crippen LogP contribution in [0, 0.1) is 0 Å². The van der Waals surface area contributed by atoms with Crippen LogP contribution < -0.4 is 20.1 Å². The molecule has 1 unspecified atom stereocenters. The van der Waals surface area contributed by atoms with E-state index in [1.807, 2.05) is 25.2 Å². The number of methoxy groups -OCH3 is 2. The minimum atomic E-state index is 0.665. The van der Waals surface area contributed by atoms with Gasteiger partial charge in [-0.05, 0) is 45.4 Å². The van der Waals surface area contributed by atoms with Crippen LogP contribution in [0.3, 0.4) is 0 Å². The molecule has 0 fully saturated rings. The van der Waals surface area contributed by atoms with Crippen LogP contribution in [0.25, 0.3) is 0 Å². The van der Waals surface area contributed by atoms with E-state index in [4.69, 9.17) is 9.47 Å². The fourth-order valence-electron chi connectivity index (χ4n) is 1.40. The van der Waals surface area contributed by atoms with E-state index in [1.54, 1.807) is 14.2 Å². The highest BCUT2D eigenvalue weighted by Crippen LogP contribution is 2.24. The summed E-state index contributed by atoms with van der Waals surface area (Å²) in [6.07, 6.45) is 0. The first kappa shape index (κ1) is 19.2. The normalized spacial score (nSPS) is 10.2. The summed E-state index contributed by atoms with van der Waals surface area (Å²) in [5, 5.41) is 4.20. The molecule has 116 valence electrons. The zero-order valence-corrected chi connectivity index (χ0v) is 14.7. The molecule has 0 radical (unpaired) electrons. The quantitative estimate of drug-likeness (QED) is 0.812. The van der Waals surface area contributed by atoms with E-state index in [0.29, 0.717) is 6.04 Å². The number of nitrogens with zero attached hydrogens (tertiary/aromatic N) is 1. The van der Waals surface area contributed by atoms with Crippen LogP contribution >= 0.6 is 9.24 Å². The van der Waals surface area contributed by atoms with E-state index in [0.717, 1.165) is 29.9 Å². The van der Waals surface area contributed by atoms with E-state index < -0.39 is 0 Å². The maximum Gasteiger partial charge on any atom is 0.161 e. The van der Waals surface area contributed by atoms with Gasteiger partial charge in [-0.2, -0.15) is 0 Å². The fourth-order valence-corrected chi connectivity index (χ4v) is 1.65. The standard InChI is InChI=1S/C8H11O2P.C7H18N2/c1-9-7-4-3-6(11)5-8(7)10-2;1-7(2)9(4)6-5-8-3/h3-5H,11H2,1-2H3;7-8H,5-6H2,1-4H3. The average molecular weight is 300 g/mol. The predicted octanol–water partition coefficient (Wildman–Crippen LogP) is 1.75. The SMILES string of the molecule is CNCCN(C)C(C)C.COc1ccc(P)cc1OC. The second-order valence-electron chi connectivity index (χ2n) is 4.79. The number of ether oxygens (including phenoxy) is 2. The Kier molecular flexibility index (Phi) is 10.4. The van der Waals surface area contributed by atoms with Crippen LogP contribution in [0.2, 0.25) is 0 Å².